The van der Waals surface area contributed by atoms with Crippen molar-refractivity contribution in [2.45, 2.75) is 84.5 Å². The van der Waals surface area contributed by atoms with Crippen LogP contribution in [0.5, 0.6) is 0 Å². The van der Waals surface area contributed by atoms with E-state index in [-0.39, 0.29) is 6.09 Å². The first-order valence-electron chi connectivity index (χ1n) is 11.0. The molecule has 0 bridgehead atoms. The molecule has 0 aliphatic carbocycles. The largest absolute Gasteiger partial charge is 0.444 e. The summed E-state index contributed by atoms with van der Waals surface area (Å²) in [5.74, 6) is 0.660. The zero-order chi connectivity index (χ0) is 25.2. The number of halogens is 1. The van der Waals surface area contributed by atoms with Gasteiger partial charge in [-0.05, 0) is 52.7 Å². The van der Waals surface area contributed by atoms with Gasteiger partial charge in [-0.2, -0.15) is 0 Å². The van der Waals surface area contributed by atoms with Gasteiger partial charge in [-0.1, -0.05) is 70.4 Å². The normalized spacial score (nSPS) is 12.4. The smallest absolute Gasteiger partial charge is 0.410 e. The molecular weight excluding hydrogens is 521 g/mol. The molecule has 0 aliphatic rings. The first kappa shape index (κ1) is 34.6. The van der Waals surface area contributed by atoms with Crippen molar-refractivity contribution in [1.82, 2.24) is 10.2 Å². The maximum atomic E-state index is 12.4. The minimum Gasteiger partial charge on any atom is -0.444 e. The molecule has 1 atom stereocenters. The Morgan fingerprint density at radius 1 is 1.26 bits per heavy atom. The molecule has 0 rings (SSSR count). The highest BCUT2D eigenvalue weighted by molar-refractivity contribution is 14.1. The minimum absolute atomic E-state index is 0.339. The number of rotatable bonds is 9. The fourth-order valence-corrected chi connectivity index (χ4v) is 3.66. The fourth-order valence-electron chi connectivity index (χ4n) is 2.02. The van der Waals surface area contributed by atoms with Gasteiger partial charge in [0, 0.05) is 24.2 Å². The van der Waals surface area contributed by atoms with Crippen molar-refractivity contribution in [1.29, 1.82) is 0 Å². The van der Waals surface area contributed by atoms with E-state index in [9.17, 15) is 4.79 Å². The highest BCUT2D eigenvalue weighted by Crippen LogP contribution is 2.26. The third kappa shape index (κ3) is 19.5. The highest BCUT2D eigenvalue weighted by atomic mass is 127. The lowest BCUT2D eigenvalue weighted by atomic mass is 10.2. The van der Waals surface area contributed by atoms with E-state index >= 15 is 0 Å². The number of allylic oxidation sites excluding steroid dienone is 2. The van der Waals surface area contributed by atoms with Crippen molar-refractivity contribution in [2.24, 2.45) is 4.99 Å². The van der Waals surface area contributed by atoms with Gasteiger partial charge >= 0.3 is 6.09 Å². The van der Waals surface area contributed by atoms with Crippen molar-refractivity contribution in [2.75, 3.05) is 20.1 Å². The Balaban J connectivity index is -0.00000184. The summed E-state index contributed by atoms with van der Waals surface area (Å²) < 4.78 is 5.94. The molecule has 1 unspecified atom stereocenters. The molecule has 0 aromatic rings. The van der Waals surface area contributed by atoms with E-state index in [0.29, 0.717) is 22.2 Å². The summed E-state index contributed by atoms with van der Waals surface area (Å²) in [4.78, 5) is 19.4. The van der Waals surface area contributed by atoms with E-state index in [4.69, 9.17) is 4.74 Å². The van der Waals surface area contributed by atoms with Crippen LogP contribution in [0.15, 0.2) is 40.4 Å². The van der Waals surface area contributed by atoms with Crippen molar-refractivity contribution >= 4 is 46.3 Å². The van der Waals surface area contributed by atoms with Gasteiger partial charge in [-0.15, -0.1) is 11.8 Å². The van der Waals surface area contributed by atoms with Gasteiger partial charge in [0.05, 0.1) is 9.80 Å². The number of carbonyl (C=O) groups excluding carboxylic acids is 1. The Morgan fingerprint density at radius 2 is 1.77 bits per heavy atom. The summed E-state index contributed by atoms with van der Waals surface area (Å²) in [5.41, 5.74) is 1.18. The van der Waals surface area contributed by atoms with Crippen LogP contribution in [0.25, 0.3) is 0 Å². The predicted molar refractivity (Wildman–Crippen MR) is 150 cm³/mol. The lowest BCUT2D eigenvalue weighted by Crippen LogP contribution is -2.43. The van der Waals surface area contributed by atoms with Crippen molar-refractivity contribution in [3.8, 4) is 0 Å². The fraction of sp³-hybridized carbons (Fsp3) is 0.667. The van der Waals surface area contributed by atoms with E-state index in [0.717, 1.165) is 22.6 Å². The van der Waals surface area contributed by atoms with Crippen LogP contribution < -0.4 is 5.32 Å². The molecule has 5 nitrogen and oxygen atoms in total. The maximum absolute atomic E-state index is 12.4. The van der Waals surface area contributed by atoms with Gasteiger partial charge in [0.1, 0.15) is 11.4 Å². The van der Waals surface area contributed by atoms with Crippen LogP contribution in [-0.2, 0) is 4.74 Å². The molecular formula is C24H46IN3O2S. The molecule has 0 radical (unpaired) electrons. The van der Waals surface area contributed by atoms with Crippen LogP contribution in [0.2, 0.25) is 0 Å². The standard InChI is InChI=1S/C20H34IN3O2S.2C2H6/c1-10-11-24(19(25)26-20(6,7)8)13-18(22-9)23-16(4)14(2)12-15(3)27-17(5)21;2*1-2/h12,17H,3-4,10-11,13H2,1-2,5-9H3,(H,22,23);2*1-2H3/b14-12+;;. The summed E-state index contributed by atoms with van der Waals surface area (Å²) in [6, 6.07) is 0. The summed E-state index contributed by atoms with van der Waals surface area (Å²) in [7, 11) is 1.69. The van der Waals surface area contributed by atoms with Gasteiger partial charge < -0.3 is 15.0 Å². The number of nitrogens with zero attached hydrogens (tertiary/aromatic N) is 2. The van der Waals surface area contributed by atoms with Gasteiger partial charge in [0.15, 0.2) is 0 Å². The molecule has 31 heavy (non-hydrogen) atoms. The van der Waals surface area contributed by atoms with Gasteiger partial charge in [-0.3, -0.25) is 4.99 Å². The van der Waals surface area contributed by atoms with Crippen LogP contribution in [0.4, 0.5) is 4.79 Å². The summed E-state index contributed by atoms with van der Waals surface area (Å²) in [6.07, 6.45) is 2.49. The number of alkyl halides is 1. The Labute approximate surface area is 210 Å². The SMILES string of the molecule is C=C(/C=C(\C)C(=C)NC(CN(CCC)C(=O)OC(C)(C)C)=NC)SC(C)I.CC.CC. The number of thioether (sulfide) groups is 1. The third-order valence-electron chi connectivity index (χ3n) is 3.22. The molecule has 0 fully saturated rings. The Morgan fingerprint density at radius 3 is 2.16 bits per heavy atom. The highest BCUT2D eigenvalue weighted by Gasteiger charge is 2.22. The molecule has 0 aromatic heterocycles. The zero-order valence-electron chi connectivity index (χ0n) is 21.7. The summed E-state index contributed by atoms with van der Waals surface area (Å²) in [6.45, 7) is 28.8. The van der Waals surface area contributed by atoms with E-state index in [1.807, 2.05) is 68.4 Å². The van der Waals surface area contributed by atoms with Crippen LogP contribution in [0.1, 0.15) is 75.7 Å². The summed E-state index contributed by atoms with van der Waals surface area (Å²) >= 11 is 4.05. The van der Waals surface area contributed by atoms with Gasteiger partial charge in [0.25, 0.3) is 0 Å². The minimum atomic E-state index is -0.531. The van der Waals surface area contributed by atoms with Gasteiger partial charge in [-0.25, -0.2) is 4.79 Å². The van der Waals surface area contributed by atoms with E-state index < -0.39 is 5.60 Å². The Kier molecular flexibility index (Phi) is 22.0. The van der Waals surface area contributed by atoms with E-state index in [2.05, 4.69) is 53.0 Å². The molecule has 0 spiro atoms. The third-order valence-corrected chi connectivity index (χ3v) is 4.73. The molecule has 0 heterocycles. The first-order chi connectivity index (χ1) is 14.4. The molecule has 7 heteroatoms. The van der Waals surface area contributed by atoms with Crippen LogP contribution >= 0.6 is 34.4 Å². The summed E-state index contributed by atoms with van der Waals surface area (Å²) in [5, 5.41) is 3.22. The Bertz CT molecular complexity index is 594. The quantitative estimate of drug-likeness (QED) is 0.102. The van der Waals surface area contributed by atoms with Crippen LogP contribution in [0.3, 0.4) is 0 Å². The second kappa shape index (κ2) is 19.7. The lowest BCUT2D eigenvalue weighted by molar-refractivity contribution is 0.0278. The van der Waals surface area contributed by atoms with Crippen molar-refractivity contribution in [3.05, 3.63) is 35.4 Å². The number of amidine groups is 1. The number of aliphatic imine (C=N–C) groups is 1. The van der Waals surface area contributed by atoms with Crippen LogP contribution in [-0.4, -0.2) is 45.8 Å². The molecule has 0 aromatic carbocycles. The van der Waals surface area contributed by atoms with Crippen molar-refractivity contribution < 1.29 is 9.53 Å². The molecule has 0 saturated carbocycles. The number of carbonyl (C=O) groups is 1. The second-order valence-corrected chi connectivity index (χ2v) is 11.3. The molecule has 0 saturated heterocycles. The average molecular weight is 568 g/mol. The molecule has 182 valence electrons. The van der Waals surface area contributed by atoms with Crippen molar-refractivity contribution in [3.63, 3.8) is 0 Å². The topological polar surface area (TPSA) is 53.9 Å². The number of nitrogens with one attached hydrogen (secondary N) is 1. The Hall–Kier alpha value is -0.960. The number of ether oxygens (including phenoxy) is 1. The molecule has 1 N–H and O–H groups in total. The zero-order valence-corrected chi connectivity index (χ0v) is 24.7. The number of amides is 1. The average Bonchev–Trinajstić information content (AvgIpc) is 2.67. The first-order valence-corrected chi connectivity index (χ1v) is 13.1. The lowest BCUT2D eigenvalue weighted by Gasteiger charge is -2.28. The van der Waals surface area contributed by atoms with E-state index in [1.165, 1.54) is 0 Å². The second-order valence-electron chi connectivity index (χ2n) is 7.13. The monoisotopic (exact) mass is 567 g/mol. The van der Waals surface area contributed by atoms with E-state index in [1.54, 1.807) is 23.7 Å². The number of hydrogen-bond acceptors (Lipinski definition) is 4. The predicted octanol–water partition coefficient (Wildman–Crippen LogP) is 7.79. The maximum Gasteiger partial charge on any atom is 0.410 e. The molecule has 1 amide bonds. The van der Waals surface area contributed by atoms with Crippen LogP contribution in [0, 0.1) is 0 Å². The number of hydrogen-bond donors (Lipinski definition) is 1. The van der Waals surface area contributed by atoms with Gasteiger partial charge in [0.2, 0.25) is 0 Å². The molecule has 0 aliphatic heterocycles.